The molecule has 4 aromatic rings. The van der Waals surface area contributed by atoms with Gasteiger partial charge < -0.3 is 30.9 Å². The monoisotopic (exact) mass is 608 g/mol. The molecule has 1 aromatic heterocycles. The van der Waals surface area contributed by atoms with Gasteiger partial charge in [0, 0.05) is 29.7 Å². The van der Waals surface area contributed by atoms with Gasteiger partial charge in [0.25, 0.3) is 17.7 Å². The molecule has 10 nitrogen and oxygen atoms in total. The van der Waals surface area contributed by atoms with Gasteiger partial charge in [-0.1, -0.05) is 36.4 Å². The Labute approximate surface area is 255 Å². The fourth-order valence-electron chi connectivity index (χ4n) is 5.07. The molecular weight excluding hydrogens is 582 g/mol. The summed E-state index contributed by atoms with van der Waals surface area (Å²) in [7, 11) is 0. The number of fused-ring (bicyclic) bond motifs is 1. The van der Waals surface area contributed by atoms with E-state index in [-0.39, 0.29) is 18.0 Å². The Bertz CT molecular complexity index is 1870. The highest BCUT2D eigenvalue weighted by Crippen LogP contribution is 2.35. The van der Waals surface area contributed by atoms with Gasteiger partial charge in [-0.15, -0.1) is 0 Å². The lowest BCUT2D eigenvalue weighted by Gasteiger charge is -2.31. The number of nitrogens with one attached hydrogen (secondary N) is 4. The molecule has 0 radical (unpaired) electrons. The lowest BCUT2D eigenvalue weighted by Crippen LogP contribution is -2.43. The summed E-state index contributed by atoms with van der Waals surface area (Å²) in [6, 6.07) is 15.8. The minimum Gasteiger partial charge on any atom is -0.369 e. The van der Waals surface area contributed by atoms with E-state index in [1.807, 2.05) is 0 Å². The van der Waals surface area contributed by atoms with Crippen LogP contribution in [0.1, 0.15) is 28.4 Å². The van der Waals surface area contributed by atoms with Crippen molar-refractivity contribution in [3.8, 4) is 0 Å². The zero-order valence-electron chi connectivity index (χ0n) is 23.5. The molecule has 5 N–H and O–H groups in total. The van der Waals surface area contributed by atoms with Crippen LogP contribution in [0.3, 0.4) is 0 Å². The second kappa shape index (κ2) is 12.4. The quantitative estimate of drug-likeness (QED) is 0.190. The maximum Gasteiger partial charge on any atom is 0.256 e. The lowest BCUT2D eigenvalue weighted by atomic mass is 10.0. The Kier molecular flexibility index (Phi) is 8.04. The van der Waals surface area contributed by atoms with Crippen molar-refractivity contribution in [3.63, 3.8) is 0 Å². The van der Waals surface area contributed by atoms with Gasteiger partial charge in [0.15, 0.2) is 17.9 Å². The molecule has 3 aromatic carbocycles. The Morgan fingerprint density at radius 1 is 1.07 bits per heavy atom. The van der Waals surface area contributed by atoms with Gasteiger partial charge >= 0.3 is 0 Å². The van der Waals surface area contributed by atoms with Crippen LogP contribution in [0, 0.1) is 11.6 Å². The van der Waals surface area contributed by atoms with Crippen molar-refractivity contribution in [1.82, 2.24) is 20.2 Å². The summed E-state index contributed by atoms with van der Waals surface area (Å²) in [5, 5.41) is 19.3. The van der Waals surface area contributed by atoms with Crippen molar-refractivity contribution in [2.24, 2.45) is 0 Å². The maximum absolute atomic E-state index is 13.7. The molecule has 0 aliphatic carbocycles. The van der Waals surface area contributed by atoms with Crippen LogP contribution in [0.25, 0.3) is 11.6 Å². The van der Waals surface area contributed by atoms with Gasteiger partial charge in [0.05, 0.1) is 29.4 Å². The summed E-state index contributed by atoms with van der Waals surface area (Å²) < 4.78 is 27.1. The summed E-state index contributed by atoms with van der Waals surface area (Å²) in [6.07, 6.45) is 7.77. The Balaban J connectivity index is 1.21. The van der Waals surface area contributed by atoms with Crippen molar-refractivity contribution >= 4 is 40.7 Å². The third kappa shape index (κ3) is 6.26. The number of rotatable bonds is 8. The van der Waals surface area contributed by atoms with E-state index in [4.69, 9.17) is 0 Å². The first kappa shape index (κ1) is 29.2. The van der Waals surface area contributed by atoms with Gasteiger partial charge in [0.2, 0.25) is 0 Å². The number of benzene rings is 3. The second-order valence-electron chi connectivity index (χ2n) is 10.3. The number of aromatic amines is 1. The van der Waals surface area contributed by atoms with Crippen LogP contribution in [0.15, 0.2) is 103 Å². The molecule has 1 unspecified atom stereocenters. The number of aromatic nitrogens is 2. The third-order valence-corrected chi connectivity index (χ3v) is 7.32. The zero-order valence-corrected chi connectivity index (χ0v) is 23.5. The van der Waals surface area contributed by atoms with E-state index in [0.29, 0.717) is 39.3 Å². The number of carbonyl (C=O) groups is 3. The summed E-state index contributed by atoms with van der Waals surface area (Å²) in [5.41, 5.74) is 3.38. The molecule has 0 saturated carbocycles. The number of carbonyl (C=O) groups excluding carboxylic acids is 3. The molecule has 0 bridgehead atoms. The number of imidazole rings is 1. The largest absolute Gasteiger partial charge is 0.369 e. The molecule has 2 aliphatic rings. The number of H-pyrrole nitrogens is 1. The SMILES string of the molecule is O=C(N[C@@H](C(=O)Nc1ccc2c(c1)/C(=C/c1cnc[nH]1)C(=O)N2)c1ccccc1)C1=CC=CN(Cc2ccc(F)c(F)c2)C1O. The van der Waals surface area contributed by atoms with Crippen LogP contribution >= 0.6 is 0 Å². The molecule has 2 aliphatic heterocycles. The van der Waals surface area contributed by atoms with E-state index in [2.05, 4.69) is 25.9 Å². The summed E-state index contributed by atoms with van der Waals surface area (Å²) >= 11 is 0. The molecule has 3 heterocycles. The number of amides is 3. The first-order valence-electron chi connectivity index (χ1n) is 13.9. The van der Waals surface area contributed by atoms with E-state index in [9.17, 15) is 28.3 Å². The molecule has 6 rings (SSSR count). The van der Waals surface area contributed by atoms with Crippen molar-refractivity contribution in [2.75, 3.05) is 10.6 Å². The van der Waals surface area contributed by atoms with Gasteiger partial charge in [-0.2, -0.15) is 0 Å². The van der Waals surface area contributed by atoms with Crippen LogP contribution in [0.2, 0.25) is 0 Å². The summed E-state index contributed by atoms with van der Waals surface area (Å²) in [6.45, 7) is -0.00538. The van der Waals surface area contributed by atoms with Crippen molar-refractivity contribution in [1.29, 1.82) is 0 Å². The number of anilines is 2. The summed E-state index contributed by atoms with van der Waals surface area (Å²) in [4.78, 5) is 48.0. The van der Waals surface area contributed by atoms with Crippen LogP contribution in [-0.2, 0) is 20.9 Å². The number of hydrogen-bond donors (Lipinski definition) is 5. The minimum atomic E-state index is -1.43. The van der Waals surface area contributed by atoms with Gasteiger partial charge in [0.1, 0.15) is 6.04 Å². The molecule has 3 amide bonds. The summed E-state index contributed by atoms with van der Waals surface area (Å²) in [5.74, 6) is -3.59. The maximum atomic E-state index is 13.7. The first-order valence-corrected chi connectivity index (χ1v) is 13.9. The van der Waals surface area contributed by atoms with Crippen LogP contribution in [0.4, 0.5) is 20.2 Å². The number of nitrogens with zero attached hydrogens (tertiary/aromatic N) is 2. The minimum absolute atomic E-state index is 0.00538. The number of halogens is 2. The van der Waals surface area contributed by atoms with Crippen LogP contribution in [0.5, 0.6) is 0 Å². The highest BCUT2D eigenvalue weighted by atomic mass is 19.2. The Morgan fingerprint density at radius 3 is 2.64 bits per heavy atom. The third-order valence-electron chi connectivity index (χ3n) is 7.32. The van der Waals surface area contributed by atoms with E-state index in [1.165, 1.54) is 35.6 Å². The fraction of sp³-hybridized carbons (Fsp3) is 0.0909. The molecule has 12 heteroatoms. The standard InChI is InChI=1S/C33H26F2N6O4/c34-26-10-8-19(13-27(26)35)17-41-12-4-7-23(33(41)45)30(42)40-29(20-5-2-1-3-6-20)32(44)38-21-9-11-28-24(14-21)25(31(43)39-28)15-22-16-36-18-37-22/h1-16,18,29,33,45H,17H2,(H,36,37)(H,38,44)(H,39,43)(H,40,42)/b25-15-/t29-,33?/m1/s1. The zero-order chi connectivity index (χ0) is 31.5. The van der Waals surface area contributed by atoms with Gasteiger partial charge in [-0.25, -0.2) is 13.8 Å². The van der Waals surface area contributed by atoms with Crippen molar-refractivity contribution in [2.45, 2.75) is 18.8 Å². The molecule has 0 saturated heterocycles. The van der Waals surface area contributed by atoms with E-state index in [0.717, 1.165) is 12.1 Å². The lowest BCUT2D eigenvalue weighted by molar-refractivity contribution is -0.125. The Hall–Kier alpha value is -5.88. The highest BCUT2D eigenvalue weighted by molar-refractivity contribution is 6.35. The topological polar surface area (TPSA) is 139 Å². The predicted molar refractivity (Wildman–Crippen MR) is 163 cm³/mol. The van der Waals surface area contributed by atoms with Gasteiger partial charge in [-0.3, -0.25) is 14.4 Å². The molecule has 0 spiro atoms. The number of hydrogen-bond acceptors (Lipinski definition) is 6. The second-order valence-corrected chi connectivity index (χ2v) is 10.3. The number of allylic oxidation sites excluding steroid dienone is 2. The van der Waals surface area contributed by atoms with Gasteiger partial charge in [-0.05, 0) is 59.7 Å². The molecule has 226 valence electrons. The predicted octanol–water partition coefficient (Wildman–Crippen LogP) is 4.25. The number of aliphatic hydroxyl groups is 1. The smallest absolute Gasteiger partial charge is 0.256 e. The first-order chi connectivity index (χ1) is 21.8. The van der Waals surface area contributed by atoms with Crippen LogP contribution in [-0.4, -0.2) is 43.9 Å². The average Bonchev–Trinajstić information content (AvgIpc) is 3.66. The van der Waals surface area contributed by atoms with Crippen LogP contribution < -0.4 is 16.0 Å². The van der Waals surface area contributed by atoms with Crippen molar-refractivity contribution in [3.05, 3.63) is 137 Å². The normalized spacial score (nSPS) is 17.0. The highest BCUT2D eigenvalue weighted by Gasteiger charge is 2.31. The van der Waals surface area contributed by atoms with E-state index < -0.39 is 35.7 Å². The molecule has 45 heavy (non-hydrogen) atoms. The van der Waals surface area contributed by atoms with Crippen molar-refractivity contribution < 1.29 is 28.3 Å². The van der Waals surface area contributed by atoms with E-state index in [1.54, 1.807) is 60.8 Å². The molecule has 0 fully saturated rings. The molecular formula is C33H26F2N6O4. The van der Waals surface area contributed by atoms with E-state index >= 15 is 0 Å². The fourth-order valence-corrected chi connectivity index (χ4v) is 5.07. The number of aliphatic hydroxyl groups excluding tert-OH is 1. The Morgan fingerprint density at radius 2 is 1.89 bits per heavy atom. The molecule has 2 atom stereocenters. The average molecular weight is 609 g/mol.